The van der Waals surface area contributed by atoms with E-state index in [0.29, 0.717) is 6.42 Å². The van der Waals surface area contributed by atoms with E-state index in [1.807, 2.05) is 0 Å². The van der Waals surface area contributed by atoms with Crippen LogP contribution in [0, 0.1) is 0 Å². The number of nitrogens with one attached hydrogen (secondary N) is 1. The summed E-state index contributed by atoms with van der Waals surface area (Å²) in [5.41, 5.74) is -2.01. The summed E-state index contributed by atoms with van der Waals surface area (Å²) >= 11 is 0. The minimum atomic E-state index is -4.85. The molecule has 12 heteroatoms. The topological polar surface area (TPSA) is 101 Å². The van der Waals surface area contributed by atoms with Gasteiger partial charge in [0, 0.05) is 19.3 Å². The third-order valence-electron chi connectivity index (χ3n) is 5.34. The molecular formula is C16H19F3N4O4S. The second-order valence-corrected chi connectivity index (χ2v) is 9.56. The van der Waals surface area contributed by atoms with Crippen LogP contribution in [-0.4, -0.2) is 72.0 Å². The summed E-state index contributed by atoms with van der Waals surface area (Å²) in [5, 5.41) is 2.89. The summed E-state index contributed by atoms with van der Waals surface area (Å²) in [5.74, 6) is -1.67. The number of alkyl halides is 3. The van der Waals surface area contributed by atoms with Gasteiger partial charge < -0.3 is 15.0 Å². The molecule has 4 heterocycles. The van der Waals surface area contributed by atoms with Crippen molar-refractivity contribution in [1.82, 2.24) is 14.9 Å². The van der Waals surface area contributed by atoms with Crippen LogP contribution in [0.4, 0.5) is 19.1 Å². The lowest BCUT2D eigenvalue weighted by atomic mass is 9.96. The van der Waals surface area contributed by atoms with Gasteiger partial charge in [0.15, 0.2) is 15.5 Å². The summed E-state index contributed by atoms with van der Waals surface area (Å²) in [6.45, 7) is -0.304. The third kappa shape index (κ3) is 3.79. The zero-order valence-electron chi connectivity index (χ0n) is 14.8. The maximum Gasteiger partial charge on any atom is 0.434 e. The first-order chi connectivity index (χ1) is 13.1. The van der Waals surface area contributed by atoms with E-state index < -0.39 is 33.2 Å². The van der Waals surface area contributed by atoms with Gasteiger partial charge in [0.1, 0.15) is 0 Å². The number of nitrogens with zero attached hydrogens (tertiary/aromatic N) is 3. The van der Waals surface area contributed by atoms with E-state index in [-0.39, 0.29) is 48.8 Å². The van der Waals surface area contributed by atoms with Gasteiger partial charge >= 0.3 is 6.18 Å². The maximum atomic E-state index is 13.5. The SMILES string of the molecule is O=C(c1cnc(N[C@@H]2C[C@@H]3CC[C@H]2O3)nc1C(F)(F)F)N1CCS(=O)(=O)CC1. The molecule has 154 valence electrons. The highest BCUT2D eigenvalue weighted by Gasteiger charge is 2.43. The molecule has 1 aromatic rings. The van der Waals surface area contributed by atoms with Crippen LogP contribution in [-0.2, 0) is 20.8 Å². The first-order valence-electron chi connectivity index (χ1n) is 8.98. The van der Waals surface area contributed by atoms with Crippen LogP contribution in [0.1, 0.15) is 35.3 Å². The Bertz CT molecular complexity index is 878. The average Bonchev–Trinajstić information content (AvgIpc) is 3.23. The smallest absolute Gasteiger partial charge is 0.373 e. The molecule has 0 radical (unpaired) electrons. The summed E-state index contributed by atoms with van der Waals surface area (Å²) in [4.78, 5) is 21.1. The average molecular weight is 420 g/mol. The van der Waals surface area contributed by atoms with E-state index in [4.69, 9.17) is 4.74 Å². The Kier molecular flexibility index (Phi) is 4.73. The molecule has 8 nitrogen and oxygen atoms in total. The van der Waals surface area contributed by atoms with Crippen LogP contribution in [0.5, 0.6) is 0 Å². The molecule has 3 saturated heterocycles. The normalized spacial score (nSPS) is 29.1. The fourth-order valence-electron chi connectivity index (χ4n) is 3.87. The van der Waals surface area contributed by atoms with Crippen molar-refractivity contribution in [2.24, 2.45) is 0 Å². The standard InChI is InChI=1S/C16H19F3N4O4S/c17-16(18,19)13-10(14(24)23-3-5-28(25,26)6-4-23)8-20-15(22-13)21-11-7-9-1-2-12(11)27-9/h8-9,11-12H,1-7H2,(H,20,21,22)/t9-,11+,12+/m0/s1. The minimum Gasteiger partial charge on any atom is -0.373 e. The molecule has 1 N–H and O–H groups in total. The lowest BCUT2D eigenvalue weighted by Gasteiger charge is -2.27. The van der Waals surface area contributed by atoms with Gasteiger partial charge in [-0.3, -0.25) is 4.79 Å². The van der Waals surface area contributed by atoms with Crippen LogP contribution in [0.15, 0.2) is 6.20 Å². The van der Waals surface area contributed by atoms with Crippen molar-refractivity contribution in [3.8, 4) is 0 Å². The van der Waals surface area contributed by atoms with Crippen molar-refractivity contribution in [2.45, 2.75) is 43.7 Å². The number of hydrogen-bond donors (Lipinski definition) is 1. The number of halogens is 3. The second-order valence-electron chi connectivity index (χ2n) is 7.26. The highest BCUT2D eigenvalue weighted by molar-refractivity contribution is 7.91. The van der Waals surface area contributed by atoms with Crippen molar-refractivity contribution in [1.29, 1.82) is 0 Å². The molecule has 0 aromatic carbocycles. The summed E-state index contributed by atoms with van der Waals surface area (Å²) in [6, 6.07) is -0.159. The molecule has 2 bridgehead atoms. The van der Waals surface area contributed by atoms with Crippen LogP contribution >= 0.6 is 0 Å². The van der Waals surface area contributed by atoms with Gasteiger partial charge in [0.25, 0.3) is 5.91 Å². The monoisotopic (exact) mass is 420 g/mol. The van der Waals surface area contributed by atoms with Gasteiger partial charge in [-0.15, -0.1) is 0 Å². The largest absolute Gasteiger partial charge is 0.434 e. The number of amides is 1. The van der Waals surface area contributed by atoms with Gasteiger partial charge in [0.05, 0.1) is 35.3 Å². The second kappa shape index (κ2) is 6.83. The number of carbonyl (C=O) groups excluding carboxylic acids is 1. The van der Waals surface area contributed by atoms with E-state index >= 15 is 0 Å². The Morgan fingerprint density at radius 2 is 1.96 bits per heavy atom. The fraction of sp³-hybridized carbons (Fsp3) is 0.688. The molecule has 0 spiro atoms. The van der Waals surface area contributed by atoms with E-state index in [0.717, 1.165) is 23.9 Å². The number of sulfone groups is 1. The molecule has 28 heavy (non-hydrogen) atoms. The minimum absolute atomic E-state index is 0.0699. The molecule has 3 aliphatic rings. The number of rotatable bonds is 3. The molecule has 0 saturated carbocycles. The molecule has 1 aromatic heterocycles. The van der Waals surface area contributed by atoms with Crippen LogP contribution in [0.3, 0.4) is 0 Å². The van der Waals surface area contributed by atoms with Crippen molar-refractivity contribution in [3.63, 3.8) is 0 Å². The van der Waals surface area contributed by atoms with Crippen LogP contribution in [0.25, 0.3) is 0 Å². The highest BCUT2D eigenvalue weighted by Crippen LogP contribution is 2.36. The van der Waals surface area contributed by atoms with Gasteiger partial charge in [-0.2, -0.15) is 13.2 Å². The Morgan fingerprint density at radius 3 is 2.54 bits per heavy atom. The summed E-state index contributed by atoms with van der Waals surface area (Å²) in [6.07, 6.45) is -1.49. The lowest BCUT2D eigenvalue weighted by Crippen LogP contribution is -2.44. The number of fused-ring (bicyclic) bond motifs is 2. The predicted molar refractivity (Wildman–Crippen MR) is 91.5 cm³/mol. The van der Waals surface area contributed by atoms with Gasteiger partial charge in [0.2, 0.25) is 5.95 Å². The summed E-state index contributed by atoms with van der Waals surface area (Å²) in [7, 11) is -3.26. The molecule has 3 atom stereocenters. The number of aromatic nitrogens is 2. The number of hydrogen-bond acceptors (Lipinski definition) is 7. The van der Waals surface area contributed by atoms with Crippen molar-refractivity contribution < 1.29 is 31.1 Å². The summed E-state index contributed by atoms with van der Waals surface area (Å²) < 4.78 is 69.2. The van der Waals surface area contributed by atoms with Gasteiger partial charge in [-0.25, -0.2) is 18.4 Å². The highest BCUT2D eigenvalue weighted by atomic mass is 32.2. The molecular weight excluding hydrogens is 401 g/mol. The Hall–Kier alpha value is -1.95. The number of anilines is 1. The van der Waals surface area contributed by atoms with E-state index in [1.165, 1.54) is 0 Å². The molecule has 0 aliphatic carbocycles. The van der Waals surface area contributed by atoms with E-state index in [2.05, 4.69) is 15.3 Å². The predicted octanol–water partition coefficient (Wildman–Crippen LogP) is 1.10. The lowest BCUT2D eigenvalue weighted by molar-refractivity contribution is -0.141. The van der Waals surface area contributed by atoms with Gasteiger partial charge in [-0.1, -0.05) is 0 Å². The number of ether oxygens (including phenoxy) is 1. The first-order valence-corrected chi connectivity index (χ1v) is 10.8. The zero-order valence-corrected chi connectivity index (χ0v) is 15.6. The maximum absolute atomic E-state index is 13.5. The quantitative estimate of drug-likeness (QED) is 0.781. The van der Waals surface area contributed by atoms with Crippen molar-refractivity contribution in [3.05, 3.63) is 17.5 Å². The van der Waals surface area contributed by atoms with E-state index in [9.17, 15) is 26.4 Å². The zero-order chi connectivity index (χ0) is 20.1. The molecule has 0 unspecified atom stereocenters. The molecule has 1 amide bonds. The fourth-order valence-corrected chi connectivity index (χ4v) is 5.07. The van der Waals surface area contributed by atoms with Crippen molar-refractivity contribution in [2.75, 3.05) is 29.9 Å². The van der Waals surface area contributed by atoms with E-state index in [1.54, 1.807) is 0 Å². The Labute approximate surface area is 159 Å². The van der Waals surface area contributed by atoms with Gasteiger partial charge in [-0.05, 0) is 19.3 Å². The number of carbonyl (C=O) groups is 1. The Balaban J connectivity index is 1.56. The molecule has 3 aliphatic heterocycles. The van der Waals surface area contributed by atoms with Crippen LogP contribution < -0.4 is 5.32 Å². The Morgan fingerprint density at radius 1 is 1.25 bits per heavy atom. The third-order valence-corrected chi connectivity index (χ3v) is 6.95. The molecule has 4 rings (SSSR count). The van der Waals surface area contributed by atoms with Crippen molar-refractivity contribution >= 4 is 21.7 Å². The first kappa shape index (κ1) is 19.4. The molecule has 3 fully saturated rings. The van der Waals surface area contributed by atoms with Crippen LogP contribution in [0.2, 0.25) is 0 Å².